The van der Waals surface area contributed by atoms with E-state index in [1.54, 1.807) is 0 Å². The highest BCUT2D eigenvalue weighted by Gasteiger charge is 2.00. The molecule has 0 bridgehead atoms. The fourth-order valence-electron chi connectivity index (χ4n) is 1.21. The second-order valence-electron chi connectivity index (χ2n) is 2.51. The lowest BCUT2D eigenvalue weighted by atomic mass is 10.00. The Bertz CT molecular complexity index is 326. The first-order valence-corrected chi connectivity index (χ1v) is 3.95. The van der Waals surface area contributed by atoms with Gasteiger partial charge in [0.25, 0.3) is 0 Å². The van der Waals surface area contributed by atoms with Crippen LogP contribution in [0.2, 0.25) is 0 Å². The number of hydrogen-bond acceptors (Lipinski definition) is 0. The second-order valence-corrected chi connectivity index (χ2v) is 2.51. The minimum atomic E-state index is 0.926. The highest BCUT2D eigenvalue weighted by atomic mass is 14.0. The summed E-state index contributed by atoms with van der Waals surface area (Å²) in [7, 11) is 0. The molecule has 0 fully saturated rings. The van der Waals surface area contributed by atoms with Crippen molar-refractivity contribution in [2.75, 3.05) is 0 Å². The number of hydrogen-bond donors (Lipinski definition) is 0. The Labute approximate surface area is 73.9 Å². The third kappa shape index (κ3) is 1.40. The Balaban J connectivity index is 3.34. The lowest BCUT2D eigenvalue weighted by Crippen LogP contribution is -1.90. The Morgan fingerprint density at radius 3 is 2.75 bits per heavy atom. The normalized spacial score (nSPS) is 9.00. The largest absolute Gasteiger partial charge is 0.115 e. The van der Waals surface area contributed by atoms with Crippen molar-refractivity contribution in [3.8, 4) is 12.3 Å². The van der Waals surface area contributed by atoms with Crippen LogP contribution in [0.15, 0.2) is 24.8 Å². The van der Waals surface area contributed by atoms with Crippen LogP contribution in [0.4, 0.5) is 0 Å². The molecule has 0 saturated heterocycles. The first-order valence-electron chi connectivity index (χ1n) is 3.95. The lowest BCUT2D eigenvalue weighted by Gasteiger charge is -2.03. The van der Waals surface area contributed by atoms with E-state index in [1.807, 2.05) is 18.2 Å². The molecule has 0 aromatic heterocycles. The predicted molar refractivity (Wildman–Crippen MR) is 51.7 cm³/mol. The van der Waals surface area contributed by atoms with Gasteiger partial charge in [0, 0.05) is 5.56 Å². The van der Waals surface area contributed by atoms with Gasteiger partial charge in [0.2, 0.25) is 0 Å². The molecule has 12 heavy (non-hydrogen) atoms. The van der Waals surface area contributed by atoms with E-state index in [9.17, 15) is 0 Å². The Morgan fingerprint density at radius 1 is 1.50 bits per heavy atom. The van der Waals surface area contributed by atoms with Crippen LogP contribution in [-0.4, -0.2) is 0 Å². The van der Waals surface area contributed by atoms with Crippen molar-refractivity contribution in [2.45, 2.75) is 13.3 Å². The van der Waals surface area contributed by atoms with Crippen molar-refractivity contribution >= 4 is 0 Å². The smallest absolute Gasteiger partial charge is 0.0352 e. The maximum absolute atomic E-state index is 5.38. The minimum absolute atomic E-state index is 0.926. The maximum Gasteiger partial charge on any atom is 0.0352 e. The van der Waals surface area contributed by atoms with Crippen LogP contribution in [0.3, 0.4) is 0 Å². The molecule has 0 atom stereocenters. The molecule has 0 spiro atoms. The molecular weight excluding hydrogens is 144 g/mol. The molecule has 0 unspecified atom stereocenters. The number of benzene rings is 1. The van der Waals surface area contributed by atoms with Crippen LogP contribution < -0.4 is 0 Å². The van der Waals surface area contributed by atoms with Gasteiger partial charge in [-0.2, -0.15) is 0 Å². The predicted octanol–water partition coefficient (Wildman–Crippen LogP) is 2.57. The summed E-state index contributed by atoms with van der Waals surface area (Å²) >= 11 is 0. The maximum atomic E-state index is 5.38. The Kier molecular flexibility index (Phi) is 2.71. The van der Waals surface area contributed by atoms with E-state index in [0.717, 1.165) is 17.5 Å². The summed E-state index contributed by atoms with van der Waals surface area (Å²) in [5.74, 6) is 2.66. The van der Waals surface area contributed by atoms with Crippen LogP contribution in [0.1, 0.15) is 23.6 Å². The molecule has 1 aromatic carbocycles. The summed E-state index contributed by atoms with van der Waals surface area (Å²) in [4.78, 5) is 0. The summed E-state index contributed by atoms with van der Waals surface area (Å²) in [5.41, 5.74) is 3.04. The average Bonchev–Trinajstić information content (AvgIpc) is 2.16. The van der Waals surface area contributed by atoms with Gasteiger partial charge in [-0.15, -0.1) is 6.42 Å². The molecule has 59 valence electrons. The number of terminal acetylenes is 1. The second kappa shape index (κ2) is 3.78. The molecule has 1 radical (unpaired) electrons. The van der Waals surface area contributed by atoms with Crippen molar-refractivity contribution in [1.29, 1.82) is 0 Å². The zero-order valence-electron chi connectivity index (χ0n) is 7.22. The van der Waals surface area contributed by atoms with Gasteiger partial charge in [0.05, 0.1) is 0 Å². The molecule has 0 saturated carbocycles. The van der Waals surface area contributed by atoms with E-state index in [-0.39, 0.29) is 0 Å². The molecule has 1 aromatic rings. The van der Waals surface area contributed by atoms with Crippen LogP contribution in [0.5, 0.6) is 0 Å². The summed E-state index contributed by atoms with van der Waals surface area (Å²) < 4.78 is 0. The van der Waals surface area contributed by atoms with Crippen molar-refractivity contribution in [3.63, 3.8) is 0 Å². The van der Waals surface area contributed by atoms with Gasteiger partial charge in [-0.1, -0.05) is 37.6 Å². The summed E-state index contributed by atoms with van der Waals surface area (Å²) in [6.07, 6.45) is 9.17. The summed E-state index contributed by atoms with van der Waals surface area (Å²) in [6.45, 7) is 5.68. The summed E-state index contributed by atoms with van der Waals surface area (Å²) in [5, 5.41) is 0. The van der Waals surface area contributed by atoms with E-state index in [4.69, 9.17) is 6.42 Å². The molecule has 0 amide bonds. The zero-order chi connectivity index (χ0) is 8.97. The zero-order valence-corrected chi connectivity index (χ0v) is 7.22. The molecular formula is C12H11. The van der Waals surface area contributed by atoms with Crippen LogP contribution in [0, 0.1) is 18.4 Å². The Morgan fingerprint density at radius 2 is 2.25 bits per heavy atom. The van der Waals surface area contributed by atoms with Gasteiger partial charge in [0.15, 0.2) is 0 Å². The van der Waals surface area contributed by atoms with Crippen molar-refractivity contribution < 1.29 is 0 Å². The van der Waals surface area contributed by atoms with Crippen LogP contribution in [0.25, 0.3) is 0 Å². The SMILES string of the molecule is C#Cc1c([C]=C)cccc1CC. The molecule has 0 aliphatic rings. The van der Waals surface area contributed by atoms with Crippen molar-refractivity contribution in [3.05, 3.63) is 47.5 Å². The van der Waals surface area contributed by atoms with Crippen molar-refractivity contribution in [1.82, 2.24) is 0 Å². The van der Waals surface area contributed by atoms with Crippen LogP contribution in [-0.2, 0) is 6.42 Å². The van der Waals surface area contributed by atoms with Gasteiger partial charge in [-0.3, -0.25) is 0 Å². The number of aryl methyl sites for hydroxylation is 1. The standard InChI is InChI=1S/C12H11/c1-4-10-8-7-9-11(5-2)12(10)6-3/h3,7-9H,1,5H2,2H3. The van der Waals surface area contributed by atoms with Gasteiger partial charge >= 0.3 is 0 Å². The summed E-state index contributed by atoms with van der Waals surface area (Å²) in [6, 6.07) is 5.95. The lowest BCUT2D eigenvalue weighted by molar-refractivity contribution is 1.13. The van der Waals surface area contributed by atoms with Crippen molar-refractivity contribution in [2.24, 2.45) is 0 Å². The van der Waals surface area contributed by atoms with Gasteiger partial charge in [0.1, 0.15) is 0 Å². The van der Waals surface area contributed by atoms with E-state index < -0.39 is 0 Å². The molecule has 0 nitrogen and oxygen atoms in total. The average molecular weight is 155 g/mol. The quantitative estimate of drug-likeness (QED) is 0.576. The molecule has 0 aliphatic carbocycles. The third-order valence-corrected chi connectivity index (χ3v) is 1.87. The van der Waals surface area contributed by atoms with E-state index >= 15 is 0 Å². The van der Waals surface area contributed by atoms with E-state index in [0.29, 0.717) is 0 Å². The topological polar surface area (TPSA) is 0 Å². The molecule has 1 rings (SSSR count). The molecule has 0 aliphatic heterocycles. The van der Waals surface area contributed by atoms with E-state index in [2.05, 4.69) is 25.5 Å². The first kappa shape index (κ1) is 8.62. The molecule has 0 heteroatoms. The molecule has 0 heterocycles. The monoisotopic (exact) mass is 155 g/mol. The Hall–Kier alpha value is -1.48. The number of rotatable bonds is 2. The molecule has 0 N–H and O–H groups in total. The third-order valence-electron chi connectivity index (χ3n) is 1.87. The highest BCUT2D eigenvalue weighted by molar-refractivity contribution is 5.48. The van der Waals surface area contributed by atoms with Gasteiger partial charge in [-0.25, -0.2) is 0 Å². The van der Waals surface area contributed by atoms with Gasteiger partial charge in [-0.05, 0) is 23.6 Å². The fraction of sp³-hybridized carbons (Fsp3) is 0.167. The van der Waals surface area contributed by atoms with Crippen LogP contribution >= 0.6 is 0 Å². The van der Waals surface area contributed by atoms with E-state index in [1.165, 1.54) is 5.56 Å². The fourth-order valence-corrected chi connectivity index (χ4v) is 1.21. The highest BCUT2D eigenvalue weighted by Crippen LogP contribution is 2.13. The minimum Gasteiger partial charge on any atom is -0.115 e. The van der Waals surface area contributed by atoms with Gasteiger partial charge < -0.3 is 0 Å². The first-order chi connectivity index (χ1) is 5.83.